The third-order valence-electron chi connectivity index (χ3n) is 4.28. The summed E-state index contributed by atoms with van der Waals surface area (Å²) < 4.78 is 0. The molecule has 1 saturated carbocycles. The predicted molar refractivity (Wildman–Crippen MR) is 68.5 cm³/mol. The highest BCUT2D eigenvalue weighted by Crippen LogP contribution is 2.21. The molecule has 94 valence electrons. The molecule has 0 spiro atoms. The number of rotatable bonds is 4. The van der Waals surface area contributed by atoms with Crippen LogP contribution in [0.2, 0.25) is 0 Å². The summed E-state index contributed by atoms with van der Waals surface area (Å²) in [5.41, 5.74) is 6.04. The SMILES string of the molecule is CN(CCN1CCCC1)C1CCCC(N)C1. The topological polar surface area (TPSA) is 32.5 Å². The zero-order valence-corrected chi connectivity index (χ0v) is 10.7. The van der Waals surface area contributed by atoms with Crippen LogP contribution in [0.3, 0.4) is 0 Å². The Balaban J connectivity index is 1.67. The quantitative estimate of drug-likeness (QED) is 0.782. The van der Waals surface area contributed by atoms with Crippen molar-refractivity contribution in [3.63, 3.8) is 0 Å². The lowest BCUT2D eigenvalue weighted by atomic mass is 9.91. The maximum atomic E-state index is 6.04. The van der Waals surface area contributed by atoms with E-state index in [0.29, 0.717) is 6.04 Å². The molecule has 0 aromatic carbocycles. The molecule has 2 unspecified atom stereocenters. The van der Waals surface area contributed by atoms with Gasteiger partial charge in [0.2, 0.25) is 0 Å². The van der Waals surface area contributed by atoms with Crippen LogP contribution >= 0.6 is 0 Å². The second-order valence-corrected chi connectivity index (χ2v) is 5.61. The summed E-state index contributed by atoms with van der Waals surface area (Å²) >= 11 is 0. The summed E-state index contributed by atoms with van der Waals surface area (Å²) in [4.78, 5) is 5.14. The number of likely N-dealkylation sites (tertiary alicyclic amines) is 1. The van der Waals surface area contributed by atoms with E-state index in [9.17, 15) is 0 Å². The molecule has 1 aliphatic carbocycles. The molecule has 2 atom stereocenters. The van der Waals surface area contributed by atoms with Gasteiger partial charge < -0.3 is 15.5 Å². The molecule has 0 bridgehead atoms. The van der Waals surface area contributed by atoms with E-state index < -0.39 is 0 Å². The van der Waals surface area contributed by atoms with Crippen LogP contribution in [0, 0.1) is 0 Å². The van der Waals surface area contributed by atoms with Crippen molar-refractivity contribution < 1.29 is 0 Å². The third-order valence-corrected chi connectivity index (χ3v) is 4.28. The van der Waals surface area contributed by atoms with E-state index in [4.69, 9.17) is 5.73 Å². The highest BCUT2D eigenvalue weighted by atomic mass is 15.2. The third kappa shape index (κ3) is 3.44. The van der Waals surface area contributed by atoms with Gasteiger partial charge in [-0.3, -0.25) is 0 Å². The van der Waals surface area contributed by atoms with Crippen LogP contribution in [0.1, 0.15) is 38.5 Å². The zero-order valence-electron chi connectivity index (χ0n) is 10.7. The Kier molecular flexibility index (Phi) is 4.62. The van der Waals surface area contributed by atoms with Crippen molar-refractivity contribution in [2.24, 2.45) is 5.73 Å². The fourth-order valence-corrected chi connectivity index (χ4v) is 3.09. The van der Waals surface area contributed by atoms with Crippen molar-refractivity contribution in [2.45, 2.75) is 50.6 Å². The molecule has 0 aromatic heterocycles. The maximum absolute atomic E-state index is 6.04. The molecule has 2 aliphatic rings. The molecule has 2 rings (SSSR count). The number of nitrogens with two attached hydrogens (primary N) is 1. The van der Waals surface area contributed by atoms with Crippen molar-refractivity contribution in [3.05, 3.63) is 0 Å². The molecule has 3 nitrogen and oxygen atoms in total. The average molecular weight is 225 g/mol. The van der Waals surface area contributed by atoms with Gasteiger partial charge in [-0.1, -0.05) is 6.42 Å². The Labute approximate surface area is 100.0 Å². The monoisotopic (exact) mass is 225 g/mol. The van der Waals surface area contributed by atoms with Gasteiger partial charge in [0.25, 0.3) is 0 Å². The van der Waals surface area contributed by atoms with Crippen LogP contribution in [0.25, 0.3) is 0 Å². The van der Waals surface area contributed by atoms with E-state index in [1.54, 1.807) is 0 Å². The van der Waals surface area contributed by atoms with Crippen LogP contribution in [-0.2, 0) is 0 Å². The van der Waals surface area contributed by atoms with Crippen molar-refractivity contribution in [1.29, 1.82) is 0 Å². The van der Waals surface area contributed by atoms with Gasteiger partial charge in [0, 0.05) is 25.2 Å². The first-order valence-corrected chi connectivity index (χ1v) is 6.94. The minimum atomic E-state index is 0.452. The summed E-state index contributed by atoms with van der Waals surface area (Å²) in [6.07, 6.45) is 7.91. The average Bonchev–Trinajstić information content (AvgIpc) is 2.78. The fourth-order valence-electron chi connectivity index (χ4n) is 3.09. The largest absolute Gasteiger partial charge is 0.328 e. The predicted octanol–water partition coefficient (Wildman–Crippen LogP) is 1.28. The Morgan fingerprint density at radius 1 is 1.19 bits per heavy atom. The van der Waals surface area contributed by atoms with Crippen LogP contribution in [0.5, 0.6) is 0 Å². The molecule has 0 amide bonds. The van der Waals surface area contributed by atoms with E-state index in [1.165, 1.54) is 64.7 Å². The van der Waals surface area contributed by atoms with Gasteiger partial charge in [-0.05, 0) is 52.2 Å². The summed E-state index contributed by atoms with van der Waals surface area (Å²) in [5.74, 6) is 0. The van der Waals surface area contributed by atoms with Gasteiger partial charge in [0.1, 0.15) is 0 Å². The summed E-state index contributed by atoms with van der Waals surface area (Å²) in [5, 5.41) is 0. The second kappa shape index (κ2) is 5.99. The fraction of sp³-hybridized carbons (Fsp3) is 1.00. The van der Waals surface area contributed by atoms with Crippen molar-refractivity contribution in [3.8, 4) is 0 Å². The van der Waals surface area contributed by atoms with Crippen LogP contribution in [-0.4, -0.2) is 55.1 Å². The van der Waals surface area contributed by atoms with E-state index in [1.807, 2.05) is 0 Å². The standard InChI is InChI=1S/C13H27N3/c1-15(9-10-16-7-2-3-8-16)13-6-4-5-12(14)11-13/h12-13H,2-11,14H2,1H3. The van der Waals surface area contributed by atoms with Crippen LogP contribution in [0.15, 0.2) is 0 Å². The minimum absolute atomic E-state index is 0.452. The van der Waals surface area contributed by atoms with E-state index in [0.717, 1.165) is 6.04 Å². The smallest absolute Gasteiger partial charge is 0.0109 e. The lowest BCUT2D eigenvalue weighted by Crippen LogP contribution is -2.43. The Morgan fingerprint density at radius 3 is 2.62 bits per heavy atom. The molecule has 3 heteroatoms. The van der Waals surface area contributed by atoms with Gasteiger partial charge in [0.05, 0.1) is 0 Å². The number of hydrogen-bond acceptors (Lipinski definition) is 3. The Bertz CT molecular complexity index is 201. The molecule has 0 radical (unpaired) electrons. The summed E-state index contributed by atoms with van der Waals surface area (Å²) in [7, 11) is 2.28. The maximum Gasteiger partial charge on any atom is 0.0109 e. The molecular weight excluding hydrogens is 198 g/mol. The van der Waals surface area contributed by atoms with Crippen molar-refractivity contribution in [2.75, 3.05) is 33.2 Å². The summed E-state index contributed by atoms with van der Waals surface area (Å²) in [6, 6.07) is 1.19. The number of nitrogens with zero attached hydrogens (tertiary/aromatic N) is 2. The molecular formula is C13H27N3. The minimum Gasteiger partial charge on any atom is -0.328 e. The van der Waals surface area contributed by atoms with E-state index in [2.05, 4.69) is 16.8 Å². The zero-order chi connectivity index (χ0) is 11.4. The first kappa shape index (κ1) is 12.3. The van der Waals surface area contributed by atoms with Crippen molar-refractivity contribution >= 4 is 0 Å². The number of likely N-dealkylation sites (N-methyl/N-ethyl adjacent to an activating group) is 1. The number of hydrogen-bond donors (Lipinski definition) is 1. The first-order valence-electron chi connectivity index (χ1n) is 6.94. The van der Waals surface area contributed by atoms with Crippen molar-refractivity contribution in [1.82, 2.24) is 9.80 Å². The molecule has 0 aromatic rings. The molecule has 16 heavy (non-hydrogen) atoms. The lowest BCUT2D eigenvalue weighted by Gasteiger charge is -2.34. The van der Waals surface area contributed by atoms with Gasteiger partial charge in [-0.25, -0.2) is 0 Å². The molecule has 2 fully saturated rings. The normalized spacial score (nSPS) is 32.4. The van der Waals surface area contributed by atoms with Gasteiger partial charge in [0.15, 0.2) is 0 Å². The lowest BCUT2D eigenvalue weighted by molar-refractivity contribution is 0.161. The first-order chi connectivity index (χ1) is 7.75. The van der Waals surface area contributed by atoms with E-state index >= 15 is 0 Å². The molecule has 2 N–H and O–H groups in total. The van der Waals surface area contributed by atoms with Crippen LogP contribution < -0.4 is 5.73 Å². The highest BCUT2D eigenvalue weighted by Gasteiger charge is 2.23. The Hall–Kier alpha value is -0.120. The van der Waals surface area contributed by atoms with Gasteiger partial charge >= 0.3 is 0 Å². The second-order valence-electron chi connectivity index (χ2n) is 5.61. The van der Waals surface area contributed by atoms with E-state index in [-0.39, 0.29) is 0 Å². The Morgan fingerprint density at radius 2 is 1.94 bits per heavy atom. The molecule has 1 heterocycles. The van der Waals surface area contributed by atoms with Gasteiger partial charge in [-0.2, -0.15) is 0 Å². The van der Waals surface area contributed by atoms with Gasteiger partial charge in [-0.15, -0.1) is 0 Å². The summed E-state index contributed by atoms with van der Waals surface area (Å²) in [6.45, 7) is 5.11. The molecule has 1 aliphatic heterocycles. The van der Waals surface area contributed by atoms with Crippen LogP contribution in [0.4, 0.5) is 0 Å². The molecule has 1 saturated heterocycles. The highest BCUT2D eigenvalue weighted by molar-refractivity contribution is 4.81.